The quantitative estimate of drug-likeness (QED) is 0.184. The van der Waals surface area contributed by atoms with Crippen molar-refractivity contribution >= 4 is 46.4 Å². The Morgan fingerprint density at radius 3 is 2.31 bits per heavy atom. The van der Waals surface area contributed by atoms with Crippen molar-refractivity contribution in [2.45, 2.75) is 69.7 Å². The molecule has 0 bridgehead atoms. The normalized spacial score (nSPS) is 24.2. The molecule has 2 unspecified atom stereocenters. The number of ether oxygens (including phenoxy) is 1. The highest BCUT2D eigenvalue weighted by molar-refractivity contribution is 6.30. The molecule has 0 spiro atoms. The largest absolute Gasteiger partial charge is 0.473 e. The van der Waals surface area contributed by atoms with Gasteiger partial charge in [0, 0.05) is 81.8 Å². The molecular weight excluding hydrogens is 798 g/mol. The third kappa shape index (κ3) is 8.26. The molecule has 1 aromatic carbocycles. The Morgan fingerprint density at radius 2 is 1.61 bits per heavy atom. The van der Waals surface area contributed by atoms with Gasteiger partial charge in [0.2, 0.25) is 17.7 Å². The highest BCUT2D eigenvalue weighted by Crippen LogP contribution is 2.40. The molecule has 1 saturated carbocycles. The first-order chi connectivity index (χ1) is 29.4. The highest BCUT2D eigenvalue weighted by Gasteiger charge is 2.49. The third-order valence-corrected chi connectivity index (χ3v) is 12.8. The summed E-state index contributed by atoms with van der Waals surface area (Å²) in [7, 11) is 0. The summed E-state index contributed by atoms with van der Waals surface area (Å²) in [5.74, 6) is -3.59. The number of pyridine rings is 1. The van der Waals surface area contributed by atoms with Crippen molar-refractivity contribution < 1.29 is 41.9 Å². The lowest BCUT2D eigenvalue weighted by Gasteiger charge is -2.40. The zero-order chi connectivity index (χ0) is 42.4. The number of ketones is 2. The number of fused-ring (bicyclic) bond motifs is 2. The first-order valence-corrected chi connectivity index (χ1v) is 20.9. The molecule has 19 heteroatoms. The Labute approximate surface area is 348 Å². The number of anilines is 2. The van der Waals surface area contributed by atoms with Crippen LogP contribution in [0.25, 0.3) is 5.65 Å². The van der Waals surface area contributed by atoms with Crippen LogP contribution in [0.3, 0.4) is 0 Å². The topological polar surface area (TPSA) is 184 Å². The number of amides is 3. The van der Waals surface area contributed by atoms with Crippen molar-refractivity contribution in [1.82, 2.24) is 40.3 Å². The van der Waals surface area contributed by atoms with Crippen LogP contribution in [0.5, 0.6) is 5.88 Å². The van der Waals surface area contributed by atoms with E-state index in [9.17, 15) is 37.1 Å². The van der Waals surface area contributed by atoms with Crippen molar-refractivity contribution in [2.75, 3.05) is 55.6 Å². The van der Waals surface area contributed by atoms with Crippen LogP contribution in [0, 0.1) is 17.8 Å². The first-order valence-electron chi connectivity index (χ1n) is 20.9. The van der Waals surface area contributed by atoms with Crippen molar-refractivity contribution in [3.05, 3.63) is 71.2 Å². The summed E-state index contributed by atoms with van der Waals surface area (Å²) < 4.78 is 46.3. The summed E-state index contributed by atoms with van der Waals surface area (Å²) in [6.07, 6.45) is 1.30. The number of nitrogens with one attached hydrogen (secondary N) is 2. The number of hydrogen-bond donors (Lipinski definition) is 2. The lowest BCUT2D eigenvalue weighted by molar-refractivity contribution is -0.146. The molecular formula is C42H45F3N10O6. The van der Waals surface area contributed by atoms with Gasteiger partial charge in [0.1, 0.15) is 11.9 Å². The molecule has 3 amide bonds. The Hall–Kier alpha value is -5.98. The number of alkyl halides is 3. The smallest absolute Gasteiger partial charge is 0.453 e. The van der Waals surface area contributed by atoms with Crippen molar-refractivity contribution in [3.63, 3.8) is 0 Å². The Kier molecular flexibility index (Phi) is 10.9. The molecule has 2 atom stereocenters. The number of halogens is 3. The van der Waals surface area contributed by atoms with Gasteiger partial charge in [0.25, 0.3) is 11.7 Å². The highest BCUT2D eigenvalue weighted by atomic mass is 19.4. The number of carbonyl (C=O) groups excluding carboxylic acids is 5. The van der Waals surface area contributed by atoms with E-state index in [1.807, 2.05) is 12.1 Å². The van der Waals surface area contributed by atoms with Crippen molar-refractivity contribution in [1.29, 1.82) is 0 Å². The van der Waals surface area contributed by atoms with E-state index in [1.165, 1.54) is 12.1 Å². The maximum atomic E-state index is 13.7. The van der Waals surface area contributed by atoms with Crippen LogP contribution in [0.4, 0.5) is 24.7 Å². The molecule has 3 aliphatic heterocycles. The van der Waals surface area contributed by atoms with Gasteiger partial charge in [-0.2, -0.15) is 17.7 Å². The summed E-state index contributed by atoms with van der Waals surface area (Å²) >= 11 is 0. The molecule has 2 aliphatic carbocycles. The van der Waals surface area contributed by atoms with Crippen LogP contribution in [-0.4, -0.2) is 117 Å². The third-order valence-electron chi connectivity index (χ3n) is 12.8. The second kappa shape index (κ2) is 16.5. The Bertz CT molecular complexity index is 2350. The van der Waals surface area contributed by atoms with E-state index < -0.39 is 29.7 Å². The monoisotopic (exact) mass is 842 g/mol. The molecule has 61 heavy (non-hydrogen) atoms. The molecule has 320 valence electrons. The SMILES string of the molecule is O=C1CCC(C2C(=O)c3cccc(N4CCC(CN5CCN(c6ccc(C(=O)N[C@H]7CC[C@H](Oc8ccc9nnc(C(F)(F)F)n9n8)CC7)cn6)CC5)CC4)c3C2=O)C(=O)N1. The molecule has 16 nitrogen and oxygen atoms in total. The van der Waals surface area contributed by atoms with Gasteiger partial charge in [-0.1, -0.05) is 12.1 Å². The molecule has 4 aromatic rings. The van der Waals surface area contributed by atoms with Crippen LogP contribution in [0.2, 0.25) is 0 Å². The average molecular weight is 843 g/mol. The van der Waals surface area contributed by atoms with Crippen LogP contribution in [0.15, 0.2) is 48.7 Å². The maximum absolute atomic E-state index is 13.7. The maximum Gasteiger partial charge on any atom is 0.453 e. The molecule has 5 aliphatic rings. The van der Waals surface area contributed by atoms with E-state index in [4.69, 9.17) is 4.74 Å². The standard InChI is InChI=1S/C42H45F3N10O6/c43-42(44,45)41-50-49-32-11-13-34(51-55(32)41)61-27-7-5-26(6-8-27)47-39(59)25-4-10-31(46-22-25)54-20-18-52(19-21-54)23-24-14-16-53(17-15-24)30-3-1-2-28-35(30)38(58)36(37(28)57)29-9-12-33(56)48-40(29)60/h1-4,10-11,13,22,24,26-27,29,36H,5-9,12,14-21,23H2,(H,47,59)(H,48,56,60)/t26-,27-,29?,36?. The molecule has 9 rings (SSSR count). The molecule has 2 N–H and O–H groups in total. The van der Waals surface area contributed by atoms with Gasteiger partial charge < -0.3 is 19.9 Å². The van der Waals surface area contributed by atoms with Crippen molar-refractivity contribution in [2.24, 2.45) is 17.8 Å². The number of carbonyl (C=O) groups is 5. The summed E-state index contributed by atoms with van der Waals surface area (Å²) in [4.78, 5) is 76.0. The summed E-state index contributed by atoms with van der Waals surface area (Å²) in [6, 6.07) is 11.8. The summed E-state index contributed by atoms with van der Waals surface area (Å²) in [5, 5.41) is 16.0. The van der Waals surface area contributed by atoms with E-state index in [1.54, 1.807) is 24.4 Å². The molecule has 3 saturated heterocycles. The zero-order valence-corrected chi connectivity index (χ0v) is 33.3. The van der Waals surface area contributed by atoms with Crippen LogP contribution < -0.4 is 25.2 Å². The fourth-order valence-corrected chi connectivity index (χ4v) is 9.47. The number of piperidine rings is 2. The lowest BCUT2D eigenvalue weighted by Crippen LogP contribution is -2.49. The van der Waals surface area contributed by atoms with Crippen LogP contribution in [-0.2, 0) is 15.8 Å². The second-order valence-corrected chi connectivity index (χ2v) is 16.6. The van der Waals surface area contributed by atoms with Crippen LogP contribution in [0.1, 0.15) is 88.3 Å². The second-order valence-electron chi connectivity index (χ2n) is 16.6. The number of nitrogens with zero attached hydrogens (tertiary/aromatic N) is 8. The van der Waals surface area contributed by atoms with E-state index in [0.29, 0.717) is 52.8 Å². The van der Waals surface area contributed by atoms with Gasteiger partial charge >= 0.3 is 6.18 Å². The fourth-order valence-electron chi connectivity index (χ4n) is 9.47. The number of hydrogen-bond acceptors (Lipinski definition) is 13. The number of imide groups is 1. The minimum atomic E-state index is -4.70. The van der Waals surface area contributed by atoms with Gasteiger partial charge in [0.15, 0.2) is 17.2 Å². The van der Waals surface area contributed by atoms with Crippen molar-refractivity contribution in [3.8, 4) is 5.88 Å². The fraction of sp³-hybridized carbons (Fsp3) is 0.500. The van der Waals surface area contributed by atoms with Gasteiger partial charge in [-0.05, 0) is 75.1 Å². The minimum absolute atomic E-state index is 0.0292. The molecule has 4 fully saturated rings. The Balaban J connectivity index is 0.707. The van der Waals surface area contributed by atoms with E-state index >= 15 is 0 Å². The van der Waals surface area contributed by atoms with Crippen LogP contribution >= 0.6 is 0 Å². The average Bonchev–Trinajstić information content (AvgIpc) is 3.80. The Morgan fingerprint density at radius 1 is 0.836 bits per heavy atom. The van der Waals surface area contributed by atoms with Gasteiger partial charge in [-0.15, -0.1) is 15.3 Å². The molecule has 6 heterocycles. The molecule has 3 aromatic heterocycles. The molecule has 0 radical (unpaired) electrons. The van der Waals surface area contributed by atoms with E-state index in [-0.39, 0.29) is 59.9 Å². The predicted molar refractivity (Wildman–Crippen MR) is 212 cm³/mol. The van der Waals surface area contributed by atoms with E-state index in [0.717, 1.165) is 70.2 Å². The van der Waals surface area contributed by atoms with Gasteiger partial charge in [0.05, 0.1) is 23.0 Å². The lowest BCUT2D eigenvalue weighted by atomic mass is 9.82. The van der Waals surface area contributed by atoms with Gasteiger partial charge in [-0.3, -0.25) is 34.2 Å². The van der Waals surface area contributed by atoms with E-state index in [2.05, 4.69) is 45.6 Å². The summed E-state index contributed by atoms with van der Waals surface area (Å²) in [5.41, 5.74) is 1.95. The number of Topliss-reactive ketones (excluding diaryl/α,β-unsaturated/α-hetero) is 2. The zero-order valence-electron chi connectivity index (χ0n) is 33.3. The first kappa shape index (κ1) is 40.4. The number of rotatable bonds is 9. The minimum Gasteiger partial charge on any atom is -0.473 e. The summed E-state index contributed by atoms with van der Waals surface area (Å²) in [6.45, 7) is 5.82. The predicted octanol–water partition coefficient (Wildman–Crippen LogP) is 3.74. The van der Waals surface area contributed by atoms with Gasteiger partial charge in [-0.25, -0.2) is 4.98 Å². The number of aromatic nitrogens is 5. The number of piperazine rings is 1. The number of benzene rings is 1.